The van der Waals surface area contributed by atoms with E-state index in [2.05, 4.69) is 203 Å². The molecule has 0 fully saturated rings. The summed E-state index contributed by atoms with van der Waals surface area (Å²) in [7, 11) is -9.82. The molecule has 0 amide bonds. The summed E-state index contributed by atoms with van der Waals surface area (Å²) in [5.41, 5.74) is 0. The highest BCUT2D eigenvalue weighted by Gasteiger charge is 2.30. The number of hydrogen-bond donors (Lipinski definition) is 4. The van der Waals surface area contributed by atoms with Crippen molar-refractivity contribution in [3.05, 3.63) is 182 Å². The Bertz CT molecular complexity index is 3080. The van der Waals surface area contributed by atoms with E-state index in [-0.39, 0.29) is 19.3 Å². The number of carbonyl (C=O) groups is 3. The quantitative estimate of drug-likeness (QED) is 0.0146. The number of esters is 3. The fraction of sp³-hybridized carbons (Fsp3) is 0.703. The molecular weight excluding hydrogens is 1650 g/mol. The average Bonchev–Trinajstić information content (AvgIpc) is 0.898. The van der Waals surface area contributed by atoms with Gasteiger partial charge in [-0.25, -0.2) is 9.13 Å². The first-order valence-corrected chi connectivity index (χ1v) is 55.1. The van der Waals surface area contributed by atoms with Crippen LogP contribution in [0.3, 0.4) is 0 Å². The highest BCUT2D eigenvalue weighted by molar-refractivity contribution is 7.47. The molecule has 129 heavy (non-hydrogen) atoms. The van der Waals surface area contributed by atoms with Crippen LogP contribution in [0.2, 0.25) is 0 Å². The monoisotopic (exact) mass is 1840 g/mol. The van der Waals surface area contributed by atoms with Gasteiger partial charge in [-0.05, 0) is 161 Å². The summed E-state index contributed by atoms with van der Waals surface area (Å²) in [4.78, 5) is 59.2. The van der Waals surface area contributed by atoms with Gasteiger partial charge in [-0.1, -0.05) is 447 Å². The summed E-state index contributed by atoms with van der Waals surface area (Å²) in [5, 5.41) is 20.8. The van der Waals surface area contributed by atoms with Crippen LogP contribution < -0.4 is 0 Å². The fourth-order valence-corrected chi connectivity index (χ4v) is 15.9. The average molecular weight is 1840 g/mol. The number of rotatable bonds is 98. The van der Waals surface area contributed by atoms with Gasteiger partial charge < -0.3 is 34.2 Å². The second-order valence-corrected chi connectivity index (χ2v) is 37.5. The van der Waals surface area contributed by atoms with Gasteiger partial charge in [-0.2, -0.15) is 0 Å². The molecule has 740 valence electrons. The number of aliphatic hydroxyl groups is 2. The predicted molar refractivity (Wildman–Crippen MR) is 546 cm³/mol. The van der Waals surface area contributed by atoms with E-state index in [1.165, 1.54) is 212 Å². The minimum Gasteiger partial charge on any atom is -0.463 e. The number of phosphoric ester groups is 2. The summed E-state index contributed by atoms with van der Waals surface area (Å²) in [6.45, 7) is 2.50. The Balaban J connectivity index is 4.59. The molecule has 0 rings (SSSR count). The van der Waals surface area contributed by atoms with Crippen LogP contribution in [0.4, 0.5) is 0 Å². The van der Waals surface area contributed by atoms with E-state index >= 15 is 0 Å². The lowest BCUT2D eigenvalue weighted by molar-refractivity contribution is -0.161. The predicted octanol–water partition coefficient (Wildman–Crippen LogP) is 33.1. The SMILES string of the molecule is CC/C=C\C/C=C\C/C=C\C/C=C\C/C=C\C/C=C\CCCCCCCCCCCCCCC(=O)OCC(COP(=O)(O)OCC(O)COP(=O)(O)OCC(O)COC(=O)CCCCCCCCCCCCCCCCCCCCC/C=C\C/C=C\C/C=C\C/C=C\C/C=C\CC)OC(=O)CCCCCCCCCCCCC/C=C\C/C=C\C/C=C\C/C=C\CCCCC. The Labute approximate surface area is 789 Å². The highest BCUT2D eigenvalue weighted by atomic mass is 31.2. The Kier molecular flexibility index (Phi) is 97.4. The third kappa shape index (κ3) is 103. The molecule has 0 aliphatic carbocycles. The van der Waals surface area contributed by atoms with Crippen molar-refractivity contribution in [2.24, 2.45) is 0 Å². The van der Waals surface area contributed by atoms with Crippen LogP contribution >= 0.6 is 15.6 Å². The second-order valence-electron chi connectivity index (χ2n) is 34.6. The molecule has 0 bridgehead atoms. The maximum absolute atomic E-state index is 13.1. The molecule has 0 saturated heterocycles. The molecule has 0 aliphatic rings. The van der Waals surface area contributed by atoms with E-state index in [4.69, 9.17) is 32.3 Å². The molecule has 0 saturated carbocycles. The number of phosphoric acid groups is 2. The van der Waals surface area contributed by atoms with Crippen molar-refractivity contribution in [1.82, 2.24) is 0 Å². The van der Waals surface area contributed by atoms with E-state index in [0.29, 0.717) is 19.3 Å². The van der Waals surface area contributed by atoms with Crippen molar-refractivity contribution in [2.75, 3.05) is 39.6 Å². The lowest BCUT2D eigenvalue weighted by Gasteiger charge is -2.21. The molecule has 4 N–H and O–H groups in total. The normalized spacial score (nSPS) is 14.4. The van der Waals surface area contributed by atoms with Gasteiger partial charge in [0.25, 0.3) is 0 Å². The van der Waals surface area contributed by atoms with Crippen LogP contribution in [0.15, 0.2) is 182 Å². The highest BCUT2D eigenvalue weighted by Crippen LogP contribution is 2.45. The van der Waals surface area contributed by atoms with Crippen molar-refractivity contribution in [3.8, 4) is 0 Å². The van der Waals surface area contributed by atoms with Gasteiger partial charge in [0.05, 0.1) is 26.4 Å². The molecule has 18 heteroatoms. The van der Waals surface area contributed by atoms with Gasteiger partial charge in [0.15, 0.2) is 6.10 Å². The number of allylic oxidation sites excluding steroid dienone is 30. The molecule has 0 aromatic carbocycles. The third-order valence-electron chi connectivity index (χ3n) is 22.1. The van der Waals surface area contributed by atoms with Crippen LogP contribution in [0.25, 0.3) is 0 Å². The molecule has 16 nitrogen and oxygen atoms in total. The Morgan fingerprint density at radius 1 is 0.225 bits per heavy atom. The zero-order valence-corrected chi connectivity index (χ0v) is 83.8. The van der Waals surface area contributed by atoms with Gasteiger partial charge in [-0.3, -0.25) is 32.5 Å². The molecule has 5 unspecified atom stereocenters. The van der Waals surface area contributed by atoms with Crippen molar-refractivity contribution in [2.45, 2.75) is 463 Å². The summed E-state index contributed by atoms with van der Waals surface area (Å²) in [5.74, 6) is -1.56. The van der Waals surface area contributed by atoms with Gasteiger partial charge in [-0.15, -0.1) is 0 Å². The first-order chi connectivity index (χ1) is 63.2. The molecule has 0 spiro atoms. The molecular formula is C111H190O16P2. The third-order valence-corrected chi connectivity index (χ3v) is 24.0. The number of unbranched alkanes of at least 4 members (excludes halogenated alkanes) is 45. The smallest absolute Gasteiger partial charge is 0.463 e. The van der Waals surface area contributed by atoms with E-state index < -0.39 is 91.5 Å². The topological polar surface area (TPSA) is 231 Å². The maximum Gasteiger partial charge on any atom is 0.472 e. The van der Waals surface area contributed by atoms with Crippen LogP contribution in [-0.4, -0.2) is 95.9 Å². The number of hydrogen-bond acceptors (Lipinski definition) is 14. The van der Waals surface area contributed by atoms with Gasteiger partial charge in [0, 0.05) is 19.3 Å². The zero-order valence-electron chi connectivity index (χ0n) is 82.0. The van der Waals surface area contributed by atoms with Crippen molar-refractivity contribution < 1.29 is 75.8 Å². The summed E-state index contributed by atoms with van der Waals surface area (Å²) < 4.78 is 61.7. The Morgan fingerprint density at radius 3 is 0.651 bits per heavy atom. The fourth-order valence-electron chi connectivity index (χ4n) is 14.3. The molecule has 0 aliphatic heterocycles. The van der Waals surface area contributed by atoms with Gasteiger partial charge >= 0.3 is 33.6 Å². The number of aliphatic hydroxyl groups excluding tert-OH is 2. The molecule has 0 radical (unpaired) electrons. The van der Waals surface area contributed by atoms with Gasteiger partial charge in [0.2, 0.25) is 0 Å². The minimum atomic E-state index is -4.95. The second kappa shape index (κ2) is 102. The zero-order chi connectivity index (χ0) is 93.5. The Morgan fingerprint density at radius 2 is 0.411 bits per heavy atom. The van der Waals surface area contributed by atoms with Crippen LogP contribution in [-0.2, 0) is 55.8 Å². The van der Waals surface area contributed by atoms with Crippen molar-refractivity contribution >= 4 is 33.6 Å². The largest absolute Gasteiger partial charge is 0.472 e. The van der Waals surface area contributed by atoms with E-state index in [9.17, 15) is 43.5 Å². The summed E-state index contributed by atoms with van der Waals surface area (Å²) >= 11 is 0. The maximum atomic E-state index is 13.1. The number of carbonyl (C=O) groups excluding carboxylic acids is 3. The Hall–Kier alpha value is -5.35. The van der Waals surface area contributed by atoms with Crippen molar-refractivity contribution in [1.29, 1.82) is 0 Å². The molecule has 5 atom stereocenters. The standard InChI is InChI=1S/C111H190O16P2/c1-4-7-10-13-16-19-22-25-28-31-34-37-40-43-46-48-50-51-52-53-55-57-59-61-64-67-70-73-76-79-82-85-88-91-94-97-109(114)121-100-106(112)101-123-128(117,118)124-102-107(113)103-125-129(119,120)126-105-108(127-111(116)99-96-93-90-87-84-81-78-75-72-69-66-63-58-45-42-39-36-33-30-27-24-21-18-15-12-9-6-3)104-122-110(115)98-95-92-89-86-83-80-77-74-71-68-65-62-60-56-54-49-47-44-41-38-35-32-29-26-23-20-17-14-11-8-5-2/h7-8,10-11,16-21,25-30,34-39,43-47,54,56,58,106-108,112-113H,4-6,9,12-15,22-24,31-33,40-42,48-53,55,57,59-105H2,1-3H3,(H,117,118)(H,119,120)/b10-7-,11-8-,19-16-,20-17-,21-18-,28-25-,29-26-,30-27-,37-34-,38-35-,39-36-,46-43-,47-44-,56-54-,58-45-. The number of ether oxygens (including phenoxy) is 3. The van der Waals surface area contributed by atoms with E-state index in [1.807, 2.05) is 0 Å². The van der Waals surface area contributed by atoms with E-state index in [1.54, 1.807) is 0 Å². The molecule has 0 heterocycles. The lowest BCUT2D eigenvalue weighted by atomic mass is 10.0. The van der Waals surface area contributed by atoms with E-state index in [0.717, 1.165) is 173 Å². The summed E-state index contributed by atoms with van der Waals surface area (Å²) in [6, 6.07) is 0. The minimum absolute atomic E-state index is 0.0969. The van der Waals surface area contributed by atoms with Crippen molar-refractivity contribution in [3.63, 3.8) is 0 Å². The first kappa shape index (κ1) is 124. The van der Waals surface area contributed by atoms with Gasteiger partial charge in [0.1, 0.15) is 25.4 Å². The van der Waals surface area contributed by atoms with Crippen LogP contribution in [0, 0.1) is 0 Å². The molecule has 0 aromatic rings. The van der Waals surface area contributed by atoms with Crippen LogP contribution in [0.5, 0.6) is 0 Å². The summed E-state index contributed by atoms with van der Waals surface area (Å²) in [6.07, 6.45) is 135. The lowest BCUT2D eigenvalue weighted by Crippen LogP contribution is -2.30. The van der Waals surface area contributed by atoms with Crippen LogP contribution in [0.1, 0.15) is 445 Å². The molecule has 0 aromatic heterocycles. The first-order valence-electron chi connectivity index (χ1n) is 52.1.